The first kappa shape index (κ1) is 13.8. The molecule has 98 valence electrons. The normalized spacial score (nSPS) is 11.2. The number of halogens is 4. The zero-order valence-corrected chi connectivity index (χ0v) is 8.40. The molecule has 0 aliphatic carbocycles. The maximum Gasteiger partial charge on any atom is 0.429 e. The second kappa shape index (κ2) is 4.56. The van der Waals surface area contributed by atoms with Gasteiger partial charge in [-0.1, -0.05) is 0 Å². The van der Waals surface area contributed by atoms with Crippen LogP contribution < -0.4 is 5.84 Å². The summed E-state index contributed by atoms with van der Waals surface area (Å²) in [6.45, 7) is 0. The third-order valence-electron chi connectivity index (χ3n) is 1.80. The van der Waals surface area contributed by atoms with Crippen LogP contribution in [0.5, 0.6) is 0 Å². The molecule has 1 rings (SSSR count). The SMILES string of the molecule is NN(C(=O)O)C(=O)c1ncc(C(F)(F)F)cc1F. The first-order valence-corrected chi connectivity index (χ1v) is 4.19. The number of carbonyl (C=O) groups is 2. The van der Waals surface area contributed by atoms with Gasteiger partial charge in [-0.25, -0.2) is 20.0 Å². The number of alkyl halides is 3. The summed E-state index contributed by atoms with van der Waals surface area (Å²) in [5.41, 5.74) is -2.52. The van der Waals surface area contributed by atoms with Crippen LogP contribution in [0.3, 0.4) is 0 Å². The Bertz CT molecular complexity index is 503. The quantitative estimate of drug-likeness (QED) is 0.345. The fourth-order valence-corrected chi connectivity index (χ4v) is 0.951. The molecule has 0 fully saturated rings. The van der Waals surface area contributed by atoms with Crippen molar-refractivity contribution in [3.63, 3.8) is 0 Å². The molecule has 6 nitrogen and oxygen atoms in total. The largest absolute Gasteiger partial charge is 0.464 e. The summed E-state index contributed by atoms with van der Waals surface area (Å²) in [7, 11) is 0. The maximum absolute atomic E-state index is 13.2. The second-order valence-corrected chi connectivity index (χ2v) is 3.01. The Morgan fingerprint density at radius 2 is 1.94 bits per heavy atom. The van der Waals surface area contributed by atoms with Crippen molar-refractivity contribution in [3.05, 3.63) is 29.3 Å². The minimum atomic E-state index is -4.83. The third kappa shape index (κ3) is 2.71. The molecule has 0 atom stereocenters. The van der Waals surface area contributed by atoms with Gasteiger partial charge in [0, 0.05) is 6.20 Å². The Labute approximate surface area is 96.6 Å². The molecule has 0 aliphatic heterocycles. The molecule has 1 heterocycles. The van der Waals surface area contributed by atoms with Crippen LogP contribution in [0.4, 0.5) is 22.4 Å². The number of nitrogens with zero attached hydrogens (tertiary/aromatic N) is 2. The molecular weight excluding hydrogens is 262 g/mol. The molecule has 0 spiro atoms. The van der Waals surface area contributed by atoms with E-state index in [0.717, 1.165) is 0 Å². The van der Waals surface area contributed by atoms with E-state index in [1.165, 1.54) is 0 Å². The van der Waals surface area contributed by atoms with Crippen LogP contribution in [0.15, 0.2) is 12.3 Å². The number of carbonyl (C=O) groups excluding carboxylic acids is 1. The van der Waals surface area contributed by atoms with Crippen LogP contribution in [-0.2, 0) is 6.18 Å². The molecule has 0 saturated carbocycles. The number of amides is 2. The lowest BCUT2D eigenvalue weighted by molar-refractivity contribution is -0.138. The van der Waals surface area contributed by atoms with Gasteiger partial charge in [0.2, 0.25) is 0 Å². The molecule has 0 saturated heterocycles. The van der Waals surface area contributed by atoms with E-state index in [2.05, 4.69) is 4.98 Å². The molecular formula is C8H5F4N3O3. The molecule has 1 aromatic heterocycles. The number of hydrogen-bond acceptors (Lipinski definition) is 4. The average Bonchev–Trinajstić information content (AvgIpc) is 2.25. The molecule has 0 bridgehead atoms. The van der Waals surface area contributed by atoms with Crippen LogP contribution in [0.25, 0.3) is 0 Å². The van der Waals surface area contributed by atoms with E-state index >= 15 is 0 Å². The highest BCUT2D eigenvalue weighted by Gasteiger charge is 2.33. The van der Waals surface area contributed by atoms with Gasteiger partial charge in [-0.2, -0.15) is 18.2 Å². The lowest BCUT2D eigenvalue weighted by Crippen LogP contribution is -2.42. The Balaban J connectivity index is 3.14. The average molecular weight is 267 g/mol. The van der Waals surface area contributed by atoms with E-state index in [4.69, 9.17) is 10.9 Å². The standard InChI is InChI=1S/C8H5F4N3O3/c9-4-1-3(8(10,11)12)2-14-5(4)6(16)15(13)7(17)18/h1-2H,13H2,(H,17,18). The van der Waals surface area contributed by atoms with Gasteiger partial charge in [-0.15, -0.1) is 0 Å². The summed E-state index contributed by atoms with van der Waals surface area (Å²) in [5.74, 6) is 1.55. The number of hydrogen-bond donors (Lipinski definition) is 2. The summed E-state index contributed by atoms with van der Waals surface area (Å²) in [6.07, 6.45) is -6.53. The monoisotopic (exact) mass is 267 g/mol. The molecule has 0 radical (unpaired) electrons. The highest BCUT2D eigenvalue weighted by Crippen LogP contribution is 2.29. The van der Waals surface area contributed by atoms with E-state index in [0.29, 0.717) is 0 Å². The van der Waals surface area contributed by atoms with Gasteiger partial charge >= 0.3 is 12.3 Å². The minimum absolute atomic E-state index is 0.0237. The first-order valence-electron chi connectivity index (χ1n) is 4.19. The van der Waals surface area contributed by atoms with Gasteiger partial charge < -0.3 is 5.11 Å². The van der Waals surface area contributed by atoms with Gasteiger partial charge in [0.05, 0.1) is 5.56 Å². The van der Waals surface area contributed by atoms with Gasteiger partial charge in [0.1, 0.15) is 0 Å². The third-order valence-corrected chi connectivity index (χ3v) is 1.80. The summed E-state index contributed by atoms with van der Waals surface area (Å²) >= 11 is 0. The van der Waals surface area contributed by atoms with Crippen LogP contribution in [0, 0.1) is 5.82 Å². The molecule has 3 N–H and O–H groups in total. The van der Waals surface area contributed by atoms with Crippen molar-refractivity contribution in [2.24, 2.45) is 5.84 Å². The number of hydrazine groups is 1. The second-order valence-electron chi connectivity index (χ2n) is 3.01. The van der Waals surface area contributed by atoms with Crippen molar-refractivity contribution in [1.29, 1.82) is 0 Å². The Morgan fingerprint density at radius 1 is 1.39 bits per heavy atom. The van der Waals surface area contributed by atoms with Crippen LogP contribution >= 0.6 is 0 Å². The van der Waals surface area contributed by atoms with Gasteiger partial charge in [-0.3, -0.25) is 4.79 Å². The Hall–Kier alpha value is -2.23. The summed E-state index contributed by atoms with van der Waals surface area (Å²) in [5, 5.41) is 7.95. The van der Waals surface area contributed by atoms with E-state index < -0.39 is 40.3 Å². The number of pyridine rings is 1. The van der Waals surface area contributed by atoms with E-state index in [1.54, 1.807) is 0 Å². The van der Waals surface area contributed by atoms with Crippen molar-refractivity contribution < 1.29 is 32.3 Å². The van der Waals surface area contributed by atoms with Crippen molar-refractivity contribution in [2.45, 2.75) is 6.18 Å². The van der Waals surface area contributed by atoms with Crippen molar-refractivity contribution in [3.8, 4) is 0 Å². The number of nitrogens with two attached hydrogens (primary N) is 1. The highest BCUT2D eigenvalue weighted by molar-refractivity contribution is 6.00. The van der Waals surface area contributed by atoms with Crippen molar-refractivity contribution in [2.75, 3.05) is 0 Å². The molecule has 0 unspecified atom stereocenters. The van der Waals surface area contributed by atoms with E-state index in [1.807, 2.05) is 0 Å². The predicted octanol–water partition coefficient (Wildman–Crippen LogP) is 1.23. The highest BCUT2D eigenvalue weighted by atomic mass is 19.4. The van der Waals surface area contributed by atoms with Crippen molar-refractivity contribution in [1.82, 2.24) is 9.99 Å². The first-order chi connectivity index (χ1) is 8.14. The van der Waals surface area contributed by atoms with Gasteiger partial charge in [0.25, 0.3) is 5.91 Å². The van der Waals surface area contributed by atoms with Crippen LogP contribution in [0.1, 0.15) is 16.1 Å². The number of aromatic nitrogens is 1. The van der Waals surface area contributed by atoms with E-state index in [-0.39, 0.29) is 12.3 Å². The molecule has 0 aliphatic rings. The van der Waals surface area contributed by atoms with Crippen LogP contribution in [-0.4, -0.2) is 27.1 Å². The lowest BCUT2D eigenvalue weighted by atomic mass is 10.2. The zero-order chi connectivity index (χ0) is 14.1. The van der Waals surface area contributed by atoms with Crippen LogP contribution in [0.2, 0.25) is 0 Å². The lowest BCUT2D eigenvalue weighted by Gasteiger charge is -2.11. The Kier molecular flexibility index (Phi) is 3.51. The van der Waals surface area contributed by atoms with Gasteiger partial charge in [-0.05, 0) is 6.07 Å². The zero-order valence-electron chi connectivity index (χ0n) is 8.40. The number of rotatable bonds is 1. The number of imide groups is 1. The molecule has 10 heteroatoms. The summed E-state index contributed by atoms with van der Waals surface area (Å²) in [4.78, 5) is 24.4. The summed E-state index contributed by atoms with van der Waals surface area (Å²) in [6, 6.07) is 0.0237. The topological polar surface area (TPSA) is 96.5 Å². The summed E-state index contributed by atoms with van der Waals surface area (Å²) < 4.78 is 49.7. The van der Waals surface area contributed by atoms with Crippen molar-refractivity contribution >= 4 is 12.0 Å². The molecule has 2 amide bonds. The smallest absolute Gasteiger partial charge is 0.429 e. The molecule has 1 aromatic rings. The minimum Gasteiger partial charge on any atom is -0.464 e. The molecule has 18 heavy (non-hydrogen) atoms. The fraction of sp³-hybridized carbons (Fsp3) is 0.125. The molecule has 0 aromatic carbocycles. The van der Waals surface area contributed by atoms with E-state index in [9.17, 15) is 27.2 Å². The fourth-order valence-electron chi connectivity index (χ4n) is 0.951. The Morgan fingerprint density at radius 3 is 2.33 bits per heavy atom. The van der Waals surface area contributed by atoms with Gasteiger partial charge in [0.15, 0.2) is 11.5 Å². The maximum atomic E-state index is 13.2. The predicted molar refractivity (Wildman–Crippen MR) is 47.6 cm³/mol. The number of carboxylic acid groups (broad SMARTS) is 1.